The molecule has 1 amide bonds. The van der Waals surface area contributed by atoms with Crippen molar-refractivity contribution in [3.63, 3.8) is 0 Å². The molecule has 0 fully saturated rings. The van der Waals surface area contributed by atoms with E-state index in [1.807, 2.05) is 0 Å². The molecule has 2 aromatic rings. The van der Waals surface area contributed by atoms with Gasteiger partial charge in [-0.2, -0.15) is 4.98 Å². The molecular formula is C11H10ClN3O3. The van der Waals surface area contributed by atoms with E-state index in [0.717, 1.165) is 0 Å². The summed E-state index contributed by atoms with van der Waals surface area (Å²) >= 11 is 5.78. The van der Waals surface area contributed by atoms with E-state index in [1.54, 1.807) is 19.1 Å². The lowest BCUT2D eigenvalue weighted by molar-refractivity contribution is 0.0995. The third-order valence-corrected chi connectivity index (χ3v) is 2.37. The van der Waals surface area contributed by atoms with Gasteiger partial charge in [0.15, 0.2) is 6.61 Å². The van der Waals surface area contributed by atoms with Crippen LogP contribution in [0.3, 0.4) is 0 Å². The molecule has 0 atom stereocenters. The number of hydrogen-bond donors (Lipinski definition) is 1. The van der Waals surface area contributed by atoms with E-state index in [-0.39, 0.29) is 12.2 Å². The van der Waals surface area contributed by atoms with Crippen LogP contribution in [0.15, 0.2) is 22.7 Å². The number of nitrogens with zero attached hydrogens (tertiary/aromatic N) is 2. The zero-order valence-electron chi connectivity index (χ0n) is 9.51. The molecule has 0 saturated heterocycles. The molecule has 2 N–H and O–H groups in total. The maximum Gasteiger partial charge on any atom is 0.252 e. The maximum absolute atomic E-state index is 11.2. The molecule has 6 nitrogen and oxygen atoms in total. The summed E-state index contributed by atoms with van der Waals surface area (Å²) in [7, 11) is 0. The number of nitrogens with two attached hydrogens (primary N) is 1. The van der Waals surface area contributed by atoms with Crippen molar-refractivity contribution >= 4 is 17.5 Å². The number of halogens is 1. The molecule has 2 rings (SSSR count). The minimum atomic E-state index is -0.614. The first kappa shape index (κ1) is 12.4. The molecule has 0 unspecified atom stereocenters. The predicted molar refractivity (Wildman–Crippen MR) is 63.3 cm³/mol. The average molecular weight is 268 g/mol. The third-order valence-electron chi connectivity index (χ3n) is 2.13. The van der Waals surface area contributed by atoms with E-state index in [2.05, 4.69) is 10.1 Å². The van der Waals surface area contributed by atoms with Gasteiger partial charge in [-0.15, -0.1) is 0 Å². The number of carbonyl (C=O) groups excluding carboxylic acids is 1. The number of benzene rings is 1. The molecule has 1 aromatic carbocycles. The fraction of sp³-hybridized carbons (Fsp3) is 0.182. The summed E-state index contributed by atoms with van der Waals surface area (Å²) in [6.07, 6.45) is 0. The quantitative estimate of drug-likeness (QED) is 0.910. The van der Waals surface area contributed by atoms with Crippen molar-refractivity contribution in [2.75, 3.05) is 0 Å². The normalized spacial score (nSPS) is 10.3. The molecule has 0 saturated carbocycles. The zero-order valence-corrected chi connectivity index (χ0v) is 10.3. The van der Waals surface area contributed by atoms with Crippen LogP contribution >= 0.6 is 11.6 Å². The number of carbonyl (C=O) groups is 1. The van der Waals surface area contributed by atoms with Crippen molar-refractivity contribution < 1.29 is 14.1 Å². The highest BCUT2D eigenvalue weighted by Crippen LogP contribution is 2.23. The van der Waals surface area contributed by atoms with Gasteiger partial charge in [0.2, 0.25) is 11.7 Å². The summed E-state index contributed by atoms with van der Waals surface area (Å²) in [6.45, 7) is 1.76. The van der Waals surface area contributed by atoms with Gasteiger partial charge in [0.05, 0.1) is 5.56 Å². The maximum atomic E-state index is 11.2. The second-order valence-electron chi connectivity index (χ2n) is 3.52. The highest BCUT2D eigenvalue weighted by molar-refractivity contribution is 6.31. The monoisotopic (exact) mass is 267 g/mol. The number of hydrogen-bond acceptors (Lipinski definition) is 5. The van der Waals surface area contributed by atoms with Gasteiger partial charge >= 0.3 is 0 Å². The molecule has 0 aliphatic rings. The van der Waals surface area contributed by atoms with Crippen molar-refractivity contribution in [1.82, 2.24) is 10.1 Å². The number of rotatable bonds is 4. The molecule has 7 heteroatoms. The molecule has 1 aromatic heterocycles. The minimum Gasteiger partial charge on any atom is -0.485 e. The van der Waals surface area contributed by atoms with Crippen molar-refractivity contribution in [2.45, 2.75) is 13.5 Å². The van der Waals surface area contributed by atoms with E-state index < -0.39 is 5.91 Å². The first-order valence-electron chi connectivity index (χ1n) is 5.07. The standard InChI is InChI=1S/C11H10ClN3O3/c1-6-14-10(15-18-6)5-17-9-3-2-7(12)4-8(9)11(13)16/h2-4H,5H2,1H3,(H2,13,16). The van der Waals surface area contributed by atoms with E-state index in [0.29, 0.717) is 22.5 Å². The minimum absolute atomic E-state index is 0.0826. The lowest BCUT2D eigenvalue weighted by Crippen LogP contribution is -2.13. The Balaban J connectivity index is 2.16. The van der Waals surface area contributed by atoms with Crippen LogP contribution in [0.25, 0.3) is 0 Å². The van der Waals surface area contributed by atoms with E-state index in [1.165, 1.54) is 6.07 Å². The Kier molecular flexibility index (Phi) is 3.47. The smallest absolute Gasteiger partial charge is 0.252 e. The summed E-state index contributed by atoms with van der Waals surface area (Å²) in [5.74, 6) is 0.545. The van der Waals surface area contributed by atoms with Crippen LogP contribution in [0, 0.1) is 6.92 Å². The highest BCUT2D eigenvalue weighted by Gasteiger charge is 2.11. The molecule has 0 radical (unpaired) electrons. The van der Waals surface area contributed by atoms with Gasteiger partial charge in [0.1, 0.15) is 5.75 Å². The highest BCUT2D eigenvalue weighted by atomic mass is 35.5. The van der Waals surface area contributed by atoms with Crippen molar-refractivity contribution in [2.24, 2.45) is 5.73 Å². The van der Waals surface area contributed by atoms with E-state index in [4.69, 9.17) is 26.6 Å². The average Bonchev–Trinajstić information content (AvgIpc) is 2.73. The Bertz CT molecular complexity index is 583. The van der Waals surface area contributed by atoms with Gasteiger partial charge in [0.25, 0.3) is 5.91 Å². The van der Waals surface area contributed by atoms with Gasteiger partial charge < -0.3 is 15.0 Å². The van der Waals surface area contributed by atoms with Gasteiger partial charge in [-0.05, 0) is 18.2 Å². The molecule has 94 valence electrons. The van der Waals surface area contributed by atoms with Crippen LogP contribution in [0.4, 0.5) is 0 Å². The summed E-state index contributed by atoms with van der Waals surface area (Å²) in [5.41, 5.74) is 5.44. The fourth-order valence-corrected chi connectivity index (χ4v) is 1.53. The Labute approximate surface area is 108 Å². The first-order valence-corrected chi connectivity index (χ1v) is 5.45. The van der Waals surface area contributed by atoms with Crippen molar-refractivity contribution in [1.29, 1.82) is 0 Å². The Hall–Kier alpha value is -2.08. The second-order valence-corrected chi connectivity index (χ2v) is 3.96. The number of aryl methyl sites for hydroxylation is 1. The van der Waals surface area contributed by atoms with Crippen LogP contribution in [-0.4, -0.2) is 16.0 Å². The summed E-state index contributed by atoms with van der Waals surface area (Å²) in [5, 5.41) is 4.08. The Morgan fingerprint density at radius 1 is 1.56 bits per heavy atom. The van der Waals surface area contributed by atoms with Crippen LogP contribution in [-0.2, 0) is 6.61 Å². The second kappa shape index (κ2) is 5.05. The number of amides is 1. The molecule has 0 aliphatic heterocycles. The number of aromatic nitrogens is 2. The molecule has 1 heterocycles. The topological polar surface area (TPSA) is 91.2 Å². The largest absolute Gasteiger partial charge is 0.485 e. The van der Waals surface area contributed by atoms with Crippen LogP contribution in [0.5, 0.6) is 5.75 Å². The Morgan fingerprint density at radius 3 is 2.94 bits per heavy atom. The summed E-state index contributed by atoms with van der Waals surface area (Å²) in [4.78, 5) is 15.2. The van der Waals surface area contributed by atoms with E-state index in [9.17, 15) is 4.79 Å². The summed E-state index contributed by atoms with van der Waals surface area (Å²) < 4.78 is 10.2. The summed E-state index contributed by atoms with van der Waals surface area (Å²) in [6, 6.07) is 4.61. The first-order chi connectivity index (χ1) is 8.56. The molecule has 0 bridgehead atoms. The van der Waals surface area contributed by atoms with Gasteiger partial charge in [-0.1, -0.05) is 16.8 Å². The van der Waals surface area contributed by atoms with Crippen LogP contribution in [0.1, 0.15) is 22.1 Å². The molecule has 0 aliphatic carbocycles. The SMILES string of the molecule is Cc1nc(COc2ccc(Cl)cc2C(N)=O)no1. The lowest BCUT2D eigenvalue weighted by Gasteiger charge is -2.07. The fourth-order valence-electron chi connectivity index (χ4n) is 1.36. The van der Waals surface area contributed by atoms with Gasteiger partial charge in [0, 0.05) is 11.9 Å². The van der Waals surface area contributed by atoms with E-state index >= 15 is 0 Å². The van der Waals surface area contributed by atoms with Crippen molar-refractivity contribution in [3.05, 3.63) is 40.5 Å². The third kappa shape index (κ3) is 2.78. The Morgan fingerprint density at radius 2 is 2.33 bits per heavy atom. The van der Waals surface area contributed by atoms with Crippen LogP contribution in [0.2, 0.25) is 5.02 Å². The van der Waals surface area contributed by atoms with Gasteiger partial charge in [-0.3, -0.25) is 4.79 Å². The van der Waals surface area contributed by atoms with Crippen LogP contribution < -0.4 is 10.5 Å². The molecule has 0 spiro atoms. The van der Waals surface area contributed by atoms with Crippen molar-refractivity contribution in [3.8, 4) is 5.75 Å². The molecular weight excluding hydrogens is 258 g/mol. The molecule has 18 heavy (non-hydrogen) atoms. The van der Waals surface area contributed by atoms with Gasteiger partial charge in [-0.25, -0.2) is 0 Å². The number of ether oxygens (including phenoxy) is 1. The zero-order chi connectivity index (χ0) is 13.1. The predicted octanol–water partition coefficient (Wildman–Crippen LogP) is 1.71. The number of primary amides is 1. The lowest BCUT2D eigenvalue weighted by atomic mass is 10.2.